The molecule has 1 aliphatic rings. The van der Waals surface area contributed by atoms with E-state index in [4.69, 9.17) is 0 Å². The van der Waals surface area contributed by atoms with E-state index in [1.54, 1.807) is 24.3 Å². The van der Waals surface area contributed by atoms with Crippen LogP contribution in [0.25, 0.3) is 0 Å². The summed E-state index contributed by atoms with van der Waals surface area (Å²) < 4.78 is 0. The van der Waals surface area contributed by atoms with Crippen molar-refractivity contribution in [3.63, 3.8) is 0 Å². The average molecular weight is 260 g/mol. The van der Waals surface area contributed by atoms with Gasteiger partial charge < -0.3 is 10.6 Å². The molecule has 1 aliphatic carbocycles. The van der Waals surface area contributed by atoms with Gasteiger partial charge >= 0.3 is 0 Å². The molecular formula is C15H20N2O2. The first-order chi connectivity index (χ1) is 9.19. The number of benzene rings is 1. The van der Waals surface area contributed by atoms with Crippen LogP contribution >= 0.6 is 0 Å². The van der Waals surface area contributed by atoms with Gasteiger partial charge in [0.1, 0.15) is 0 Å². The summed E-state index contributed by atoms with van der Waals surface area (Å²) in [6, 6.07) is 7.42. The molecule has 0 unspecified atom stereocenters. The third kappa shape index (κ3) is 4.39. The highest BCUT2D eigenvalue weighted by Crippen LogP contribution is 2.20. The summed E-state index contributed by atoms with van der Waals surface area (Å²) in [7, 11) is 0. The summed E-state index contributed by atoms with van der Waals surface area (Å²) in [5.74, 6) is -0.0613. The molecular weight excluding hydrogens is 240 g/mol. The molecule has 2 N–H and O–H groups in total. The van der Waals surface area contributed by atoms with Crippen molar-refractivity contribution in [3.8, 4) is 0 Å². The van der Waals surface area contributed by atoms with Crippen LogP contribution in [0.15, 0.2) is 24.3 Å². The number of nitrogens with one attached hydrogen (secondary N) is 2. The highest BCUT2D eigenvalue weighted by Gasteiger charge is 2.23. The maximum absolute atomic E-state index is 11.9. The van der Waals surface area contributed by atoms with Crippen molar-refractivity contribution in [1.29, 1.82) is 0 Å². The Morgan fingerprint density at radius 1 is 1.32 bits per heavy atom. The van der Waals surface area contributed by atoms with E-state index >= 15 is 0 Å². The van der Waals surface area contributed by atoms with E-state index < -0.39 is 0 Å². The lowest BCUT2D eigenvalue weighted by Gasteiger charge is -2.07. The van der Waals surface area contributed by atoms with Crippen molar-refractivity contribution in [1.82, 2.24) is 5.32 Å². The van der Waals surface area contributed by atoms with Crippen LogP contribution in [0.3, 0.4) is 0 Å². The van der Waals surface area contributed by atoms with Gasteiger partial charge in [-0.15, -0.1) is 0 Å². The Balaban J connectivity index is 1.93. The Morgan fingerprint density at radius 3 is 2.79 bits per heavy atom. The number of amides is 2. The minimum absolute atomic E-state index is 0.00148. The van der Waals surface area contributed by atoms with E-state index in [0.29, 0.717) is 23.7 Å². The van der Waals surface area contributed by atoms with Gasteiger partial charge in [0.2, 0.25) is 5.91 Å². The van der Waals surface area contributed by atoms with Gasteiger partial charge in [-0.3, -0.25) is 9.59 Å². The molecule has 0 bridgehead atoms. The third-order valence-electron chi connectivity index (χ3n) is 3.08. The van der Waals surface area contributed by atoms with Crippen molar-refractivity contribution < 1.29 is 9.59 Å². The van der Waals surface area contributed by atoms with Crippen LogP contribution in [0.2, 0.25) is 0 Å². The van der Waals surface area contributed by atoms with Crippen molar-refractivity contribution in [3.05, 3.63) is 29.8 Å². The Kier molecular flexibility index (Phi) is 4.55. The number of unbranched alkanes of at least 4 members (excludes halogenated alkanes) is 1. The standard InChI is InChI=1S/C15H20N2O2/c1-2-3-7-14(18)16-13-6-4-5-11(10-13)15(19)17-12-8-9-12/h4-6,10,12H,2-3,7-9H2,1H3,(H,16,18)(H,17,19). The molecule has 19 heavy (non-hydrogen) atoms. The summed E-state index contributed by atoms with van der Waals surface area (Å²) in [6.07, 6.45) is 4.54. The minimum atomic E-state index is -0.0628. The fourth-order valence-corrected chi connectivity index (χ4v) is 1.80. The lowest BCUT2D eigenvalue weighted by atomic mass is 10.1. The quantitative estimate of drug-likeness (QED) is 0.826. The van der Waals surface area contributed by atoms with E-state index in [1.165, 1.54) is 0 Å². The van der Waals surface area contributed by atoms with Crippen LogP contribution in [0.1, 0.15) is 49.4 Å². The predicted octanol–water partition coefficient (Wildman–Crippen LogP) is 2.71. The summed E-state index contributed by atoms with van der Waals surface area (Å²) in [4.78, 5) is 23.5. The molecule has 0 radical (unpaired) electrons. The molecule has 4 nitrogen and oxygen atoms in total. The number of rotatable bonds is 6. The molecule has 1 saturated carbocycles. The maximum atomic E-state index is 11.9. The second kappa shape index (κ2) is 6.36. The number of hydrogen-bond donors (Lipinski definition) is 2. The van der Waals surface area contributed by atoms with Crippen LogP contribution in [0.5, 0.6) is 0 Å². The smallest absolute Gasteiger partial charge is 0.251 e. The first-order valence-electron chi connectivity index (χ1n) is 6.90. The Labute approximate surface area is 113 Å². The molecule has 4 heteroatoms. The van der Waals surface area contributed by atoms with E-state index in [2.05, 4.69) is 17.6 Å². The van der Waals surface area contributed by atoms with Gasteiger partial charge in [-0.2, -0.15) is 0 Å². The number of carbonyl (C=O) groups is 2. The van der Waals surface area contributed by atoms with Crippen LogP contribution < -0.4 is 10.6 Å². The molecule has 0 aromatic heterocycles. The SMILES string of the molecule is CCCCC(=O)Nc1cccc(C(=O)NC2CC2)c1. The first kappa shape index (κ1) is 13.6. The number of anilines is 1. The molecule has 2 rings (SSSR count). The molecule has 1 fully saturated rings. The van der Waals surface area contributed by atoms with Crippen LogP contribution in [0, 0.1) is 0 Å². The molecule has 2 amide bonds. The predicted molar refractivity (Wildman–Crippen MR) is 75.1 cm³/mol. The summed E-state index contributed by atoms with van der Waals surface area (Å²) in [6.45, 7) is 2.05. The average Bonchev–Trinajstić information content (AvgIpc) is 3.20. The molecule has 0 saturated heterocycles. The molecule has 102 valence electrons. The van der Waals surface area contributed by atoms with Gasteiger partial charge in [-0.25, -0.2) is 0 Å². The van der Waals surface area contributed by atoms with Gasteiger partial charge in [-0.05, 0) is 37.5 Å². The zero-order valence-electron chi connectivity index (χ0n) is 11.2. The summed E-state index contributed by atoms with van der Waals surface area (Å²) in [5, 5.41) is 5.76. The van der Waals surface area contributed by atoms with Crippen LogP contribution in [-0.2, 0) is 4.79 Å². The van der Waals surface area contributed by atoms with Crippen molar-refractivity contribution in [2.45, 2.75) is 45.1 Å². The Hall–Kier alpha value is -1.84. The van der Waals surface area contributed by atoms with Gasteiger partial charge in [0.15, 0.2) is 0 Å². The number of hydrogen-bond acceptors (Lipinski definition) is 2. The Morgan fingerprint density at radius 2 is 2.11 bits per heavy atom. The first-order valence-corrected chi connectivity index (χ1v) is 6.90. The van der Waals surface area contributed by atoms with E-state index in [1.807, 2.05) is 0 Å². The largest absolute Gasteiger partial charge is 0.349 e. The maximum Gasteiger partial charge on any atom is 0.251 e. The molecule has 0 atom stereocenters. The normalized spacial score (nSPS) is 13.9. The van der Waals surface area contributed by atoms with Crippen molar-refractivity contribution in [2.24, 2.45) is 0 Å². The molecule has 0 heterocycles. The van der Waals surface area contributed by atoms with Gasteiger partial charge in [-0.1, -0.05) is 19.4 Å². The molecule has 1 aromatic rings. The molecule has 0 spiro atoms. The molecule has 1 aromatic carbocycles. The van der Waals surface area contributed by atoms with Crippen LogP contribution in [-0.4, -0.2) is 17.9 Å². The zero-order valence-corrected chi connectivity index (χ0v) is 11.2. The van der Waals surface area contributed by atoms with Crippen LogP contribution in [0.4, 0.5) is 5.69 Å². The monoisotopic (exact) mass is 260 g/mol. The second-order valence-electron chi connectivity index (χ2n) is 4.98. The lowest BCUT2D eigenvalue weighted by molar-refractivity contribution is -0.116. The zero-order chi connectivity index (χ0) is 13.7. The van der Waals surface area contributed by atoms with E-state index in [9.17, 15) is 9.59 Å². The highest BCUT2D eigenvalue weighted by molar-refractivity contribution is 5.97. The lowest BCUT2D eigenvalue weighted by Crippen LogP contribution is -2.25. The van der Waals surface area contributed by atoms with Gasteiger partial charge in [0.25, 0.3) is 5.91 Å². The fraction of sp³-hybridized carbons (Fsp3) is 0.467. The van der Waals surface area contributed by atoms with Crippen molar-refractivity contribution >= 4 is 17.5 Å². The highest BCUT2D eigenvalue weighted by atomic mass is 16.2. The van der Waals surface area contributed by atoms with Gasteiger partial charge in [0.05, 0.1) is 0 Å². The Bertz CT molecular complexity index is 467. The fourth-order valence-electron chi connectivity index (χ4n) is 1.80. The topological polar surface area (TPSA) is 58.2 Å². The minimum Gasteiger partial charge on any atom is -0.349 e. The van der Waals surface area contributed by atoms with Crippen molar-refractivity contribution in [2.75, 3.05) is 5.32 Å². The number of carbonyl (C=O) groups excluding carboxylic acids is 2. The van der Waals surface area contributed by atoms with E-state index in [-0.39, 0.29) is 11.8 Å². The van der Waals surface area contributed by atoms with Gasteiger partial charge in [0, 0.05) is 23.7 Å². The molecule has 0 aliphatic heterocycles. The summed E-state index contributed by atoms with van der Waals surface area (Å²) >= 11 is 0. The summed E-state index contributed by atoms with van der Waals surface area (Å²) in [5.41, 5.74) is 1.28. The third-order valence-corrected chi connectivity index (χ3v) is 3.08. The van der Waals surface area contributed by atoms with E-state index in [0.717, 1.165) is 25.7 Å². The second-order valence-corrected chi connectivity index (χ2v) is 4.98.